The van der Waals surface area contributed by atoms with Gasteiger partial charge in [-0.2, -0.15) is 13.2 Å². The molecule has 2 N–H and O–H groups in total. The van der Waals surface area contributed by atoms with Gasteiger partial charge in [0, 0.05) is 25.6 Å². The summed E-state index contributed by atoms with van der Waals surface area (Å²) < 4.78 is 40.0. The van der Waals surface area contributed by atoms with E-state index >= 15 is 0 Å². The molecule has 1 saturated carbocycles. The Labute approximate surface area is 115 Å². The van der Waals surface area contributed by atoms with Crippen LogP contribution in [0.4, 0.5) is 13.2 Å². The van der Waals surface area contributed by atoms with Crippen molar-refractivity contribution in [2.45, 2.75) is 31.5 Å². The number of hydrogen-bond acceptors (Lipinski definition) is 3. The Morgan fingerprint density at radius 3 is 2.60 bits per heavy atom. The predicted molar refractivity (Wildman–Crippen MR) is 64.8 cm³/mol. The summed E-state index contributed by atoms with van der Waals surface area (Å²) in [6, 6.07) is 0. The van der Waals surface area contributed by atoms with E-state index in [-0.39, 0.29) is 37.9 Å². The molecule has 1 amide bonds. The van der Waals surface area contributed by atoms with E-state index in [1.54, 1.807) is 0 Å². The third-order valence-corrected chi connectivity index (χ3v) is 5.21. The minimum Gasteiger partial charge on any atom is -0.393 e. The molecule has 0 bridgehead atoms. The smallest absolute Gasteiger partial charge is 0.393 e. The van der Waals surface area contributed by atoms with Gasteiger partial charge in [0.05, 0.1) is 6.10 Å². The van der Waals surface area contributed by atoms with E-state index in [1.807, 2.05) is 0 Å². The summed E-state index contributed by atoms with van der Waals surface area (Å²) in [6.07, 6.45) is -3.69. The van der Waals surface area contributed by atoms with E-state index in [1.165, 1.54) is 4.90 Å². The first kappa shape index (κ1) is 14.1. The minimum atomic E-state index is -4.52. The Kier molecular flexibility index (Phi) is 3.25. The molecule has 2 aliphatic heterocycles. The number of fused-ring (bicyclic) bond motifs is 1. The maximum absolute atomic E-state index is 13.3. The lowest BCUT2D eigenvalue weighted by molar-refractivity contribution is -0.221. The second kappa shape index (κ2) is 4.59. The average Bonchev–Trinajstić information content (AvgIpc) is 3.05. The summed E-state index contributed by atoms with van der Waals surface area (Å²) in [5.41, 5.74) is -2.27. The van der Waals surface area contributed by atoms with Crippen LogP contribution < -0.4 is 5.32 Å². The molecule has 1 aliphatic carbocycles. The van der Waals surface area contributed by atoms with Gasteiger partial charge in [0.25, 0.3) is 0 Å². The normalized spacial score (nSPS) is 41.2. The molecule has 4 unspecified atom stereocenters. The lowest BCUT2D eigenvalue weighted by Gasteiger charge is -2.33. The quantitative estimate of drug-likeness (QED) is 0.750. The van der Waals surface area contributed by atoms with Crippen LogP contribution in [0.3, 0.4) is 0 Å². The molecule has 7 heteroatoms. The first-order chi connectivity index (χ1) is 9.35. The summed E-state index contributed by atoms with van der Waals surface area (Å²) in [6.45, 7) is 0.513. The maximum atomic E-state index is 13.3. The fourth-order valence-electron chi connectivity index (χ4n) is 3.94. The third-order valence-electron chi connectivity index (χ3n) is 5.21. The van der Waals surface area contributed by atoms with Gasteiger partial charge in [-0.25, -0.2) is 0 Å². The van der Waals surface area contributed by atoms with Crippen LogP contribution in [-0.2, 0) is 4.79 Å². The molecule has 2 saturated heterocycles. The van der Waals surface area contributed by atoms with Crippen molar-refractivity contribution in [2.24, 2.45) is 17.3 Å². The van der Waals surface area contributed by atoms with Crippen LogP contribution in [0.5, 0.6) is 0 Å². The Morgan fingerprint density at radius 2 is 2.05 bits per heavy atom. The molecule has 0 aromatic rings. The van der Waals surface area contributed by atoms with E-state index in [0.29, 0.717) is 13.0 Å². The zero-order valence-corrected chi connectivity index (χ0v) is 11.1. The van der Waals surface area contributed by atoms with Gasteiger partial charge in [-0.1, -0.05) is 0 Å². The predicted octanol–water partition coefficient (Wildman–Crippen LogP) is 0.758. The highest BCUT2D eigenvalue weighted by molar-refractivity contribution is 5.84. The standard InChI is InChI=1S/C13H19F3N2O2/c14-13(15,16)12(3-4-17-7-12)11(20)18-5-8-1-2-10(19)9(8)6-18/h8-10,17,19H,1-7H2. The number of aliphatic hydroxyl groups excluding tert-OH is 1. The van der Waals surface area contributed by atoms with Gasteiger partial charge in [0.2, 0.25) is 5.91 Å². The summed E-state index contributed by atoms with van der Waals surface area (Å²) in [4.78, 5) is 13.8. The number of amides is 1. The third kappa shape index (κ3) is 1.94. The second-order valence-electron chi connectivity index (χ2n) is 6.29. The molecule has 3 rings (SSSR count). The van der Waals surface area contributed by atoms with Crippen LogP contribution in [-0.4, -0.2) is 54.4 Å². The second-order valence-corrected chi connectivity index (χ2v) is 6.29. The van der Waals surface area contributed by atoms with Crippen LogP contribution >= 0.6 is 0 Å². The molecule has 3 fully saturated rings. The molecule has 4 nitrogen and oxygen atoms in total. The molecule has 0 spiro atoms. The first-order valence-electron chi connectivity index (χ1n) is 7.10. The minimum absolute atomic E-state index is 0.0430. The number of carbonyl (C=O) groups excluding carboxylic acids is 1. The van der Waals surface area contributed by atoms with E-state index in [0.717, 1.165) is 6.42 Å². The Bertz CT molecular complexity index is 407. The highest BCUT2D eigenvalue weighted by atomic mass is 19.4. The molecule has 114 valence electrons. The Hall–Kier alpha value is -0.820. The zero-order valence-electron chi connectivity index (χ0n) is 11.1. The number of carbonyl (C=O) groups is 1. The summed E-state index contributed by atoms with van der Waals surface area (Å²) in [5.74, 6) is -0.691. The van der Waals surface area contributed by atoms with Gasteiger partial charge in [-0.15, -0.1) is 0 Å². The molecular weight excluding hydrogens is 273 g/mol. The Balaban J connectivity index is 1.79. The van der Waals surface area contributed by atoms with Crippen LogP contribution in [0.25, 0.3) is 0 Å². The molecule has 2 heterocycles. The molecule has 0 aromatic heterocycles. The van der Waals surface area contributed by atoms with Gasteiger partial charge in [0.15, 0.2) is 5.41 Å². The van der Waals surface area contributed by atoms with Gasteiger partial charge < -0.3 is 15.3 Å². The Morgan fingerprint density at radius 1 is 1.30 bits per heavy atom. The SMILES string of the molecule is O=C(N1CC2CCC(O)C2C1)C1(C(F)(F)F)CCNC1. The van der Waals surface area contributed by atoms with Crippen LogP contribution in [0, 0.1) is 17.3 Å². The topological polar surface area (TPSA) is 52.6 Å². The fraction of sp³-hybridized carbons (Fsp3) is 0.923. The van der Waals surface area contributed by atoms with Crippen molar-refractivity contribution < 1.29 is 23.1 Å². The number of halogens is 3. The molecular formula is C13H19F3N2O2. The molecule has 4 atom stereocenters. The van der Waals surface area contributed by atoms with Crippen molar-refractivity contribution in [1.29, 1.82) is 0 Å². The summed E-state index contributed by atoms with van der Waals surface area (Å²) in [5, 5.41) is 12.5. The molecule has 3 aliphatic rings. The largest absolute Gasteiger partial charge is 0.404 e. The van der Waals surface area contributed by atoms with E-state index in [2.05, 4.69) is 5.32 Å². The van der Waals surface area contributed by atoms with Crippen molar-refractivity contribution in [2.75, 3.05) is 26.2 Å². The number of nitrogens with one attached hydrogen (secondary N) is 1. The summed E-state index contributed by atoms with van der Waals surface area (Å²) >= 11 is 0. The van der Waals surface area contributed by atoms with Crippen LogP contribution in [0.1, 0.15) is 19.3 Å². The fourth-order valence-corrected chi connectivity index (χ4v) is 3.94. The van der Waals surface area contributed by atoms with Gasteiger partial charge >= 0.3 is 6.18 Å². The number of nitrogens with zero attached hydrogens (tertiary/aromatic N) is 1. The van der Waals surface area contributed by atoms with Gasteiger partial charge in [-0.05, 0) is 31.7 Å². The zero-order chi connectivity index (χ0) is 14.5. The van der Waals surface area contributed by atoms with Gasteiger partial charge in [0.1, 0.15) is 0 Å². The number of aliphatic hydroxyl groups is 1. The number of rotatable bonds is 1. The van der Waals surface area contributed by atoms with Gasteiger partial charge in [-0.3, -0.25) is 4.79 Å². The van der Waals surface area contributed by atoms with Crippen molar-refractivity contribution in [3.8, 4) is 0 Å². The van der Waals surface area contributed by atoms with Crippen molar-refractivity contribution >= 4 is 5.91 Å². The average molecular weight is 292 g/mol. The number of hydrogen-bond donors (Lipinski definition) is 2. The van der Waals surface area contributed by atoms with Crippen molar-refractivity contribution in [3.63, 3.8) is 0 Å². The van der Waals surface area contributed by atoms with E-state index < -0.39 is 23.6 Å². The summed E-state index contributed by atoms with van der Waals surface area (Å²) in [7, 11) is 0. The molecule has 0 radical (unpaired) electrons. The molecule has 20 heavy (non-hydrogen) atoms. The maximum Gasteiger partial charge on any atom is 0.404 e. The van der Waals surface area contributed by atoms with E-state index in [4.69, 9.17) is 0 Å². The molecule has 0 aromatic carbocycles. The highest BCUT2D eigenvalue weighted by Crippen LogP contribution is 2.47. The monoisotopic (exact) mass is 292 g/mol. The van der Waals surface area contributed by atoms with Crippen molar-refractivity contribution in [3.05, 3.63) is 0 Å². The number of alkyl halides is 3. The number of likely N-dealkylation sites (tertiary alicyclic amines) is 1. The highest BCUT2D eigenvalue weighted by Gasteiger charge is 2.63. The lowest BCUT2D eigenvalue weighted by Crippen LogP contribution is -2.53. The first-order valence-corrected chi connectivity index (χ1v) is 7.10. The van der Waals surface area contributed by atoms with E-state index in [9.17, 15) is 23.1 Å². The van der Waals surface area contributed by atoms with Crippen LogP contribution in [0.15, 0.2) is 0 Å². The van der Waals surface area contributed by atoms with Crippen LogP contribution in [0.2, 0.25) is 0 Å². The lowest BCUT2D eigenvalue weighted by atomic mass is 9.84. The van der Waals surface area contributed by atoms with Crippen molar-refractivity contribution in [1.82, 2.24) is 10.2 Å².